The molecule has 0 saturated heterocycles. The van der Waals surface area contributed by atoms with Crippen LogP contribution < -0.4 is 0 Å². The number of hydrogen-bond donors (Lipinski definition) is 0. The predicted octanol–water partition coefficient (Wildman–Crippen LogP) is 2.48. The van der Waals surface area contributed by atoms with Gasteiger partial charge in [0.25, 0.3) is 5.91 Å². The summed E-state index contributed by atoms with van der Waals surface area (Å²) in [5.74, 6) is 0.0599. The number of carbonyl (C=O) groups is 1. The Morgan fingerprint density at radius 1 is 1.26 bits per heavy atom. The predicted molar refractivity (Wildman–Crippen MR) is 88.1 cm³/mol. The number of pyridine rings is 1. The molecule has 0 fully saturated rings. The lowest BCUT2D eigenvalue weighted by Crippen LogP contribution is -2.36. The van der Waals surface area contributed by atoms with Crippen molar-refractivity contribution in [3.8, 4) is 0 Å². The average Bonchev–Trinajstić information content (AvgIpc) is 2.87. The van der Waals surface area contributed by atoms with Crippen LogP contribution in [0.25, 0.3) is 10.9 Å². The van der Waals surface area contributed by atoms with Gasteiger partial charge >= 0.3 is 0 Å². The molecule has 1 aliphatic rings. The Kier molecular flexibility index (Phi) is 3.15. The van der Waals surface area contributed by atoms with Gasteiger partial charge in [-0.1, -0.05) is 6.07 Å². The minimum Gasteiger partial charge on any atom is -0.332 e. The first-order valence-corrected chi connectivity index (χ1v) is 7.79. The largest absolute Gasteiger partial charge is 0.332 e. The Hall–Kier alpha value is -2.69. The normalized spacial score (nSPS) is 14.1. The monoisotopic (exact) mass is 306 g/mol. The molecule has 0 atom stereocenters. The highest BCUT2D eigenvalue weighted by molar-refractivity contribution is 5.98. The molecule has 0 aliphatic carbocycles. The molecule has 1 aromatic carbocycles. The van der Waals surface area contributed by atoms with Crippen molar-refractivity contribution >= 4 is 16.8 Å². The summed E-state index contributed by atoms with van der Waals surface area (Å²) in [5, 5.41) is 5.53. The van der Waals surface area contributed by atoms with Crippen molar-refractivity contribution in [2.24, 2.45) is 7.05 Å². The zero-order chi connectivity index (χ0) is 16.0. The van der Waals surface area contributed by atoms with E-state index in [9.17, 15) is 4.79 Å². The fourth-order valence-corrected chi connectivity index (χ4v) is 3.24. The number of benzene rings is 1. The molecule has 0 spiro atoms. The van der Waals surface area contributed by atoms with Crippen molar-refractivity contribution in [3.63, 3.8) is 0 Å². The molecule has 5 heteroatoms. The first-order chi connectivity index (χ1) is 11.1. The molecule has 0 unspecified atom stereocenters. The molecule has 1 amide bonds. The third-order valence-electron chi connectivity index (χ3n) is 4.65. The maximum atomic E-state index is 12.8. The van der Waals surface area contributed by atoms with Crippen LogP contribution in [0.4, 0.5) is 0 Å². The van der Waals surface area contributed by atoms with Gasteiger partial charge in [0.15, 0.2) is 0 Å². The van der Waals surface area contributed by atoms with E-state index >= 15 is 0 Å². The fourth-order valence-electron chi connectivity index (χ4n) is 3.24. The Morgan fingerprint density at radius 3 is 3.00 bits per heavy atom. The maximum Gasteiger partial charge on any atom is 0.254 e. The van der Waals surface area contributed by atoms with E-state index in [2.05, 4.69) is 17.0 Å². The van der Waals surface area contributed by atoms with Gasteiger partial charge in [-0.2, -0.15) is 5.10 Å². The van der Waals surface area contributed by atoms with Gasteiger partial charge in [-0.3, -0.25) is 14.5 Å². The molecule has 5 nitrogen and oxygen atoms in total. The molecular weight excluding hydrogens is 288 g/mol. The summed E-state index contributed by atoms with van der Waals surface area (Å²) >= 11 is 0. The molecule has 3 heterocycles. The number of amides is 1. The molecule has 2 aromatic heterocycles. The molecule has 4 rings (SSSR count). The zero-order valence-corrected chi connectivity index (χ0v) is 13.3. The van der Waals surface area contributed by atoms with Crippen molar-refractivity contribution in [1.29, 1.82) is 0 Å². The standard InChI is InChI=1S/C18H18N4O/c1-12-15-7-9-22(11-17(15)20-21(12)2)18(23)14-5-6-16-13(10-14)4-3-8-19-16/h3-6,8,10H,7,9,11H2,1-2H3. The van der Waals surface area contributed by atoms with E-state index in [1.165, 1.54) is 11.3 Å². The first-order valence-electron chi connectivity index (χ1n) is 7.79. The van der Waals surface area contributed by atoms with Gasteiger partial charge < -0.3 is 4.90 Å². The van der Waals surface area contributed by atoms with Gasteiger partial charge in [-0.15, -0.1) is 0 Å². The topological polar surface area (TPSA) is 51.0 Å². The van der Waals surface area contributed by atoms with Crippen LogP contribution in [-0.4, -0.2) is 32.1 Å². The van der Waals surface area contributed by atoms with E-state index in [0.29, 0.717) is 12.1 Å². The third kappa shape index (κ3) is 2.29. The first kappa shape index (κ1) is 13.9. The Bertz CT molecular complexity index is 913. The van der Waals surface area contributed by atoms with Crippen LogP contribution in [0.15, 0.2) is 36.5 Å². The third-order valence-corrected chi connectivity index (χ3v) is 4.65. The maximum absolute atomic E-state index is 12.8. The van der Waals surface area contributed by atoms with Crippen molar-refractivity contribution in [2.45, 2.75) is 19.9 Å². The van der Waals surface area contributed by atoms with Gasteiger partial charge in [0.05, 0.1) is 17.8 Å². The lowest BCUT2D eigenvalue weighted by atomic mass is 10.0. The lowest BCUT2D eigenvalue weighted by molar-refractivity contribution is 0.0732. The van der Waals surface area contributed by atoms with Gasteiger partial charge in [0.2, 0.25) is 0 Å². The van der Waals surface area contributed by atoms with Crippen LogP contribution in [0.2, 0.25) is 0 Å². The number of aryl methyl sites for hydroxylation is 1. The summed E-state index contributed by atoms with van der Waals surface area (Å²) in [6, 6.07) is 9.56. The number of hydrogen-bond acceptors (Lipinski definition) is 3. The van der Waals surface area contributed by atoms with Crippen LogP contribution in [-0.2, 0) is 20.0 Å². The van der Waals surface area contributed by atoms with E-state index in [0.717, 1.165) is 29.6 Å². The molecule has 1 aliphatic heterocycles. The van der Waals surface area contributed by atoms with Gasteiger partial charge in [0, 0.05) is 36.4 Å². The van der Waals surface area contributed by atoms with E-state index in [4.69, 9.17) is 0 Å². The highest BCUT2D eigenvalue weighted by atomic mass is 16.2. The molecule has 0 N–H and O–H groups in total. The SMILES string of the molecule is Cc1c2c(nn1C)CN(C(=O)c1ccc3ncccc3c1)CC2. The van der Waals surface area contributed by atoms with Crippen molar-refractivity contribution < 1.29 is 4.79 Å². The van der Waals surface area contributed by atoms with E-state index in [1.54, 1.807) is 6.20 Å². The second-order valence-electron chi connectivity index (χ2n) is 6.02. The molecule has 0 radical (unpaired) electrons. The van der Waals surface area contributed by atoms with Crippen molar-refractivity contribution in [3.05, 3.63) is 59.0 Å². The van der Waals surface area contributed by atoms with Crippen LogP contribution in [0, 0.1) is 6.92 Å². The number of nitrogens with zero attached hydrogens (tertiary/aromatic N) is 4. The Balaban J connectivity index is 1.63. The Labute approximate surface area is 134 Å². The summed E-state index contributed by atoms with van der Waals surface area (Å²) in [6.07, 6.45) is 2.63. The average molecular weight is 306 g/mol. The highest BCUT2D eigenvalue weighted by Crippen LogP contribution is 2.23. The molecule has 0 bridgehead atoms. The van der Waals surface area contributed by atoms with Crippen LogP contribution in [0.5, 0.6) is 0 Å². The Morgan fingerprint density at radius 2 is 2.13 bits per heavy atom. The minimum absolute atomic E-state index is 0.0599. The lowest BCUT2D eigenvalue weighted by Gasteiger charge is -2.26. The van der Waals surface area contributed by atoms with Crippen LogP contribution in [0.1, 0.15) is 27.3 Å². The van der Waals surface area contributed by atoms with Gasteiger partial charge in [-0.25, -0.2) is 0 Å². The number of fused-ring (bicyclic) bond motifs is 2. The second-order valence-corrected chi connectivity index (χ2v) is 6.02. The smallest absolute Gasteiger partial charge is 0.254 e. The minimum atomic E-state index is 0.0599. The summed E-state index contributed by atoms with van der Waals surface area (Å²) in [5.41, 5.74) is 5.13. The summed E-state index contributed by atoms with van der Waals surface area (Å²) < 4.78 is 1.90. The van der Waals surface area contributed by atoms with Crippen molar-refractivity contribution in [2.75, 3.05) is 6.54 Å². The van der Waals surface area contributed by atoms with Gasteiger partial charge in [-0.05, 0) is 43.2 Å². The van der Waals surface area contributed by atoms with Gasteiger partial charge in [0.1, 0.15) is 0 Å². The zero-order valence-electron chi connectivity index (χ0n) is 13.3. The van der Waals surface area contributed by atoms with Crippen LogP contribution in [0.3, 0.4) is 0 Å². The summed E-state index contributed by atoms with van der Waals surface area (Å²) in [4.78, 5) is 19.0. The van der Waals surface area contributed by atoms with E-state index in [1.807, 2.05) is 47.0 Å². The van der Waals surface area contributed by atoms with Crippen LogP contribution >= 0.6 is 0 Å². The molecule has 116 valence electrons. The van der Waals surface area contributed by atoms with Crippen molar-refractivity contribution in [1.82, 2.24) is 19.7 Å². The van der Waals surface area contributed by atoms with E-state index < -0.39 is 0 Å². The number of aromatic nitrogens is 3. The number of rotatable bonds is 1. The highest BCUT2D eigenvalue weighted by Gasteiger charge is 2.25. The number of carbonyl (C=O) groups excluding carboxylic acids is 1. The molecule has 23 heavy (non-hydrogen) atoms. The second kappa shape index (κ2) is 5.19. The molecule has 0 saturated carbocycles. The fraction of sp³-hybridized carbons (Fsp3) is 0.278. The quantitative estimate of drug-likeness (QED) is 0.694. The van der Waals surface area contributed by atoms with E-state index in [-0.39, 0.29) is 5.91 Å². The summed E-state index contributed by atoms with van der Waals surface area (Å²) in [6.45, 7) is 3.41. The molecular formula is C18H18N4O. The summed E-state index contributed by atoms with van der Waals surface area (Å²) in [7, 11) is 1.95. The molecule has 3 aromatic rings.